The molecule has 6 heteroatoms. The lowest BCUT2D eigenvalue weighted by molar-refractivity contribution is 0.102. The van der Waals surface area contributed by atoms with Crippen LogP contribution in [0.1, 0.15) is 47.9 Å². The van der Waals surface area contributed by atoms with E-state index in [2.05, 4.69) is 15.4 Å². The van der Waals surface area contributed by atoms with Crippen LogP contribution < -0.4 is 10.2 Å². The van der Waals surface area contributed by atoms with Gasteiger partial charge in [-0.05, 0) is 31.9 Å². The number of hydrogen-bond acceptors (Lipinski definition) is 4. The molecule has 0 saturated heterocycles. The van der Waals surface area contributed by atoms with Crippen molar-refractivity contribution in [3.63, 3.8) is 0 Å². The summed E-state index contributed by atoms with van der Waals surface area (Å²) in [5.41, 5.74) is 3.13. The highest BCUT2D eigenvalue weighted by Gasteiger charge is 2.21. The molecule has 1 fully saturated rings. The standard InChI is InChI=1S/C17H23N5O/c1-12-16(11-19-22(12)13-6-4-5-7-13)20-17(23)15-10-14(21(2)3)8-9-18-15/h8-11,13H,4-7H2,1-3H3,(H,20,23). The highest BCUT2D eigenvalue weighted by molar-refractivity contribution is 6.03. The molecule has 1 amide bonds. The molecular weight excluding hydrogens is 290 g/mol. The van der Waals surface area contributed by atoms with Crippen LogP contribution in [-0.4, -0.2) is 34.8 Å². The van der Waals surface area contributed by atoms with Crippen LogP contribution in [0.3, 0.4) is 0 Å². The van der Waals surface area contributed by atoms with E-state index in [-0.39, 0.29) is 5.91 Å². The van der Waals surface area contributed by atoms with Gasteiger partial charge in [-0.2, -0.15) is 5.10 Å². The lowest BCUT2D eigenvalue weighted by Gasteiger charge is -2.14. The molecule has 1 aliphatic carbocycles. The van der Waals surface area contributed by atoms with Gasteiger partial charge in [-0.3, -0.25) is 14.5 Å². The summed E-state index contributed by atoms with van der Waals surface area (Å²) >= 11 is 0. The SMILES string of the molecule is Cc1c(NC(=O)c2cc(N(C)C)ccn2)cnn1C1CCCC1. The van der Waals surface area contributed by atoms with Crippen LogP contribution >= 0.6 is 0 Å². The summed E-state index contributed by atoms with van der Waals surface area (Å²) in [5.74, 6) is -0.206. The van der Waals surface area contributed by atoms with Gasteiger partial charge in [0.2, 0.25) is 0 Å². The normalized spacial score (nSPS) is 14.9. The molecule has 3 rings (SSSR count). The first-order valence-corrected chi connectivity index (χ1v) is 8.05. The third-order valence-electron chi connectivity index (χ3n) is 4.46. The van der Waals surface area contributed by atoms with Crippen molar-refractivity contribution in [2.45, 2.75) is 38.6 Å². The van der Waals surface area contributed by atoms with E-state index in [4.69, 9.17) is 0 Å². The molecule has 1 aliphatic rings. The molecule has 0 aliphatic heterocycles. The number of hydrogen-bond donors (Lipinski definition) is 1. The molecule has 0 bridgehead atoms. The van der Waals surface area contributed by atoms with Crippen LogP contribution in [0, 0.1) is 6.92 Å². The van der Waals surface area contributed by atoms with Gasteiger partial charge in [0, 0.05) is 26.0 Å². The van der Waals surface area contributed by atoms with E-state index in [0.717, 1.165) is 17.1 Å². The lowest BCUT2D eigenvalue weighted by Crippen LogP contribution is -2.16. The zero-order valence-corrected chi connectivity index (χ0v) is 13.9. The predicted molar refractivity (Wildman–Crippen MR) is 91.0 cm³/mol. The summed E-state index contributed by atoms with van der Waals surface area (Å²) in [7, 11) is 3.87. The molecule has 1 saturated carbocycles. The summed E-state index contributed by atoms with van der Waals surface area (Å²) in [6.07, 6.45) is 8.24. The number of anilines is 2. The molecule has 2 heterocycles. The second kappa shape index (κ2) is 6.40. The summed E-state index contributed by atoms with van der Waals surface area (Å²) in [5, 5.41) is 7.40. The maximum Gasteiger partial charge on any atom is 0.274 e. The molecule has 1 N–H and O–H groups in total. The van der Waals surface area contributed by atoms with Crippen molar-refractivity contribution in [3.05, 3.63) is 35.9 Å². The van der Waals surface area contributed by atoms with Gasteiger partial charge in [0.05, 0.1) is 23.6 Å². The second-order valence-electron chi connectivity index (χ2n) is 6.27. The minimum absolute atomic E-state index is 0.206. The molecule has 6 nitrogen and oxygen atoms in total. The van der Waals surface area contributed by atoms with Crippen molar-refractivity contribution in [1.29, 1.82) is 0 Å². The number of aromatic nitrogens is 3. The zero-order valence-electron chi connectivity index (χ0n) is 13.9. The number of rotatable bonds is 4. The van der Waals surface area contributed by atoms with E-state index in [1.54, 1.807) is 18.5 Å². The molecule has 0 spiro atoms. The van der Waals surface area contributed by atoms with Gasteiger partial charge in [-0.25, -0.2) is 0 Å². The van der Waals surface area contributed by atoms with Crippen LogP contribution in [0.5, 0.6) is 0 Å². The Balaban J connectivity index is 1.76. The molecule has 23 heavy (non-hydrogen) atoms. The fourth-order valence-corrected chi connectivity index (χ4v) is 3.07. The highest BCUT2D eigenvalue weighted by Crippen LogP contribution is 2.31. The van der Waals surface area contributed by atoms with E-state index < -0.39 is 0 Å². The van der Waals surface area contributed by atoms with Crippen LogP contribution in [0.2, 0.25) is 0 Å². The Bertz CT molecular complexity index is 701. The zero-order chi connectivity index (χ0) is 16.4. The summed E-state index contributed by atoms with van der Waals surface area (Å²) in [6, 6.07) is 4.13. The molecule has 0 atom stereocenters. The monoisotopic (exact) mass is 313 g/mol. The van der Waals surface area contributed by atoms with Crippen molar-refractivity contribution >= 4 is 17.3 Å². The first kappa shape index (κ1) is 15.5. The van der Waals surface area contributed by atoms with E-state index in [1.807, 2.05) is 36.7 Å². The molecule has 0 aromatic carbocycles. The van der Waals surface area contributed by atoms with Crippen molar-refractivity contribution in [2.75, 3.05) is 24.3 Å². The van der Waals surface area contributed by atoms with Crippen LogP contribution in [-0.2, 0) is 0 Å². The second-order valence-corrected chi connectivity index (χ2v) is 6.27. The van der Waals surface area contributed by atoms with Crippen molar-refractivity contribution in [2.24, 2.45) is 0 Å². The lowest BCUT2D eigenvalue weighted by atomic mass is 10.2. The first-order chi connectivity index (χ1) is 11.1. The Labute approximate surface area is 136 Å². The van der Waals surface area contributed by atoms with Gasteiger partial charge in [-0.15, -0.1) is 0 Å². The van der Waals surface area contributed by atoms with Crippen LogP contribution in [0.25, 0.3) is 0 Å². The van der Waals surface area contributed by atoms with Crippen molar-refractivity contribution in [1.82, 2.24) is 14.8 Å². The highest BCUT2D eigenvalue weighted by atomic mass is 16.1. The fourth-order valence-electron chi connectivity index (χ4n) is 3.07. The molecule has 122 valence electrons. The summed E-state index contributed by atoms with van der Waals surface area (Å²) in [4.78, 5) is 18.6. The van der Waals surface area contributed by atoms with Crippen LogP contribution in [0.15, 0.2) is 24.5 Å². The van der Waals surface area contributed by atoms with Gasteiger partial charge in [0.25, 0.3) is 5.91 Å². The summed E-state index contributed by atoms with van der Waals surface area (Å²) in [6.45, 7) is 2.00. The van der Waals surface area contributed by atoms with E-state index in [9.17, 15) is 4.79 Å². The average molecular weight is 313 g/mol. The van der Waals surface area contributed by atoms with E-state index in [0.29, 0.717) is 11.7 Å². The van der Waals surface area contributed by atoms with Crippen molar-refractivity contribution in [3.8, 4) is 0 Å². The Morgan fingerprint density at radius 3 is 2.78 bits per heavy atom. The fraction of sp³-hybridized carbons (Fsp3) is 0.471. The van der Waals surface area contributed by atoms with Gasteiger partial charge < -0.3 is 10.2 Å². The number of amides is 1. The molecule has 0 unspecified atom stereocenters. The molecular formula is C17H23N5O. The molecule has 2 aromatic rings. The number of nitrogens with one attached hydrogen (secondary N) is 1. The molecule has 0 radical (unpaired) electrons. The number of carbonyl (C=O) groups excluding carboxylic acids is 1. The maximum atomic E-state index is 12.4. The third kappa shape index (κ3) is 3.21. The first-order valence-electron chi connectivity index (χ1n) is 8.05. The number of carbonyl (C=O) groups is 1. The third-order valence-corrected chi connectivity index (χ3v) is 4.46. The quantitative estimate of drug-likeness (QED) is 0.942. The molecule has 2 aromatic heterocycles. The van der Waals surface area contributed by atoms with Crippen molar-refractivity contribution < 1.29 is 4.79 Å². The number of pyridine rings is 1. The van der Waals surface area contributed by atoms with Gasteiger partial charge >= 0.3 is 0 Å². The van der Waals surface area contributed by atoms with Gasteiger partial charge in [0.1, 0.15) is 5.69 Å². The Hall–Kier alpha value is -2.37. The summed E-state index contributed by atoms with van der Waals surface area (Å²) < 4.78 is 2.05. The van der Waals surface area contributed by atoms with Gasteiger partial charge in [-0.1, -0.05) is 12.8 Å². The minimum Gasteiger partial charge on any atom is -0.378 e. The van der Waals surface area contributed by atoms with E-state index >= 15 is 0 Å². The van der Waals surface area contributed by atoms with E-state index in [1.165, 1.54) is 25.7 Å². The Morgan fingerprint density at radius 1 is 1.35 bits per heavy atom. The minimum atomic E-state index is -0.206. The Morgan fingerprint density at radius 2 is 2.09 bits per heavy atom. The maximum absolute atomic E-state index is 12.4. The average Bonchev–Trinajstić information content (AvgIpc) is 3.18. The predicted octanol–water partition coefficient (Wildman–Crippen LogP) is 3.02. The topological polar surface area (TPSA) is 63.1 Å². The number of nitrogens with zero attached hydrogens (tertiary/aromatic N) is 4. The smallest absolute Gasteiger partial charge is 0.274 e. The largest absolute Gasteiger partial charge is 0.378 e. The Kier molecular flexibility index (Phi) is 4.32. The van der Waals surface area contributed by atoms with Gasteiger partial charge in [0.15, 0.2) is 0 Å². The van der Waals surface area contributed by atoms with Crippen LogP contribution in [0.4, 0.5) is 11.4 Å².